The van der Waals surface area contributed by atoms with Crippen LogP contribution in [-0.2, 0) is 19.3 Å². The second-order valence-corrected chi connectivity index (χ2v) is 6.98. The predicted molar refractivity (Wildman–Crippen MR) is 76.7 cm³/mol. The van der Waals surface area contributed by atoms with E-state index in [0.29, 0.717) is 32.7 Å². The molecular formula is C15H26N2O4. The highest BCUT2D eigenvalue weighted by molar-refractivity contribution is 5.85. The van der Waals surface area contributed by atoms with Crippen LogP contribution in [0.2, 0.25) is 0 Å². The molecular weight excluding hydrogens is 272 g/mol. The summed E-state index contributed by atoms with van der Waals surface area (Å²) in [4.78, 5) is 35.4. The zero-order valence-corrected chi connectivity index (χ0v) is 13.3. The Morgan fingerprint density at radius 1 is 1.05 bits per heavy atom. The number of hydrogen-bond donors (Lipinski definition) is 0. The number of carbonyl (C=O) groups is 2. The van der Waals surface area contributed by atoms with Crippen LogP contribution in [0.1, 0.15) is 46.5 Å². The maximum absolute atomic E-state index is 12.6. The zero-order valence-electron chi connectivity index (χ0n) is 13.3. The van der Waals surface area contributed by atoms with Crippen molar-refractivity contribution >= 4 is 11.8 Å². The number of hydrogen-bond acceptors (Lipinski definition) is 4. The highest BCUT2D eigenvalue weighted by Crippen LogP contribution is 2.29. The Hall–Kier alpha value is -1.14. The first-order valence-corrected chi connectivity index (χ1v) is 7.74. The van der Waals surface area contributed by atoms with Crippen LogP contribution >= 0.6 is 0 Å². The van der Waals surface area contributed by atoms with Gasteiger partial charge in [0.15, 0.2) is 0 Å². The van der Waals surface area contributed by atoms with Gasteiger partial charge in [0.05, 0.1) is 26.3 Å². The monoisotopic (exact) mass is 298 g/mol. The minimum Gasteiger partial charge on any atom is -0.273 e. The summed E-state index contributed by atoms with van der Waals surface area (Å²) in [6, 6.07) is 0. The lowest BCUT2D eigenvalue weighted by Gasteiger charge is -2.28. The number of hydroxylamine groups is 4. The zero-order chi connectivity index (χ0) is 15.5. The van der Waals surface area contributed by atoms with Gasteiger partial charge < -0.3 is 0 Å². The molecule has 0 saturated carbocycles. The van der Waals surface area contributed by atoms with Gasteiger partial charge in [-0.2, -0.15) is 0 Å². The van der Waals surface area contributed by atoms with Crippen molar-refractivity contribution in [1.82, 2.24) is 10.1 Å². The topological polar surface area (TPSA) is 59.1 Å². The molecule has 120 valence electrons. The van der Waals surface area contributed by atoms with Gasteiger partial charge in [0.1, 0.15) is 0 Å². The van der Waals surface area contributed by atoms with E-state index in [0.717, 1.165) is 12.8 Å². The first kappa shape index (κ1) is 16.2. The molecule has 1 atom stereocenters. The highest BCUT2D eigenvalue weighted by Gasteiger charge is 2.34. The lowest BCUT2D eigenvalue weighted by molar-refractivity contribution is -0.180. The molecule has 1 unspecified atom stereocenters. The maximum atomic E-state index is 12.6. The van der Waals surface area contributed by atoms with E-state index in [4.69, 9.17) is 9.68 Å². The van der Waals surface area contributed by atoms with Crippen LogP contribution in [0.15, 0.2) is 0 Å². The third-order valence-electron chi connectivity index (χ3n) is 3.66. The van der Waals surface area contributed by atoms with Crippen molar-refractivity contribution in [3.63, 3.8) is 0 Å². The van der Waals surface area contributed by atoms with E-state index >= 15 is 0 Å². The quantitative estimate of drug-likeness (QED) is 0.793. The average molecular weight is 298 g/mol. The molecule has 6 nitrogen and oxygen atoms in total. The summed E-state index contributed by atoms with van der Waals surface area (Å²) in [5.41, 5.74) is -0.0216. The molecule has 2 amide bonds. The minimum atomic E-state index is -0.347. The van der Waals surface area contributed by atoms with Crippen molar-refractivity contribution in [3.8, 4) is 0 Å². The molecule has 0 radical (unpaired) electrons. The van der Waals surface area contributed by atoms with Crippen molar-refractivity contribution in [3.05, 3.63) is 0 Å². The maximum Gasteiger partial charge on any atom is 0.249 e. The lowest BCUT2D eigenvalue weighted by Crippen LogP contribution is -2.38. The molecule has 0 aromatic rings. The van der Waals surface area contributed by atoms with Gasteiger partial charge in [-0.25, -0.2) is 10.1 Å². The number of rotatable bonds is 4. The van der Waals surface area contributed by atoms with E-state index in [1.54, 1.807) is 0 Å². The van der Waals surface area contributed by atoms with Crippen molar-refractivity contribution < 1.29 is 19.3 Å². The van der Waals surface area contributed by atoms with Crippen LogP contribution in [0.25, 0.3) is 0 Å². The van der Waals surface area contributed by atoms with Gasteiger partial charge in [0, 0.05) is 12.3 Å². The highest BCUT2D eigenvalue weighted by atomic mass is 16.7. The molecule has 2 fully saturated rings. The molecule has 2 rings (SSSR count). The van der Waals surface area contributed by atoms with Crippen LogP contribution < -0.4 is 0 Å². The fourth-order valence-electron chi connectivity index (χ4n) is 2.77. The molecule has 2 aliphatic rings. The van der Waals surface area contributed by atoms with Crippen molar-refractivity contribution in [2.24, 2.45) is 11.3 Å². The van der Waals surface area contributed by atoms with Crippen LogP contribution in [0.4, 0.5) is 0 Å². The smallest absolute Gasteiger partial charge is 0.249 e. The minimum absolute atomic E-state index is 0.0216. The molecule has 2 heterocycles. The van der Waals surface area contributed by atoms with Gasteiger partial charge >= 0.3 is 0 Å². The summed E-state index contributed by atoms with van der Waals surface area (Å²) in [5.74, 6) is -0.524. The number of nitrogens with zero attached hydrogens (tertiary/aromatic N) is 2. The summed E-state index contributed by atoms with van der Waals surface area (Å²) in [7, 11) is 0. The molecule has 2 aliphatic heterocycles. The third-order valence-corrected chi connectivity index (χ3v) is 3.66. The molecule has 0 aromatic heterocycles. The molecule has 0 N–H and O–H groups in total. The number of amides is 2. The van der Waals surface area contributed by atoms with Crippen molar-refractivity contribution in [2.75, 3.05) is 26.3 Å². The molecule has 2 saturated heterocycles. The second kappa shape index (κ2) is 6.75. The Kier molecular flexibility index (Phi) is 5.22. The van der Waals surface area contributed by atoms with Gasteiger partial charge in [0.25, 0.3) is 0 Å². The van der Waals surface area contributed by atoms with Crippen molar-refractivity contribution in [2.45, 2.75) is 46.5 Å². The second-order valence-electron chi connectivity index (χ2n) is 6.98. The summed E-state index contributed by atoms with van der Waals surface area (Å²) in [6.07, 6.45) is 2.57. The molecule has 0 aromatic carbocycles. The standard InChI is InChI=1S/C15H26N2O4/c1-15(2,3)11-12(14(19)17-7-5-9-21-17)10-13(18)16-6-4-8-20-16/h12H,4-11H2,1-3H3. The van der Waals surface area contributed by atoms with E-state index in [-0.39, 0.29) is 29.6 Å². The van der Waals surface area contributed by atoms with E-state index < -0.39 is 0 Å². The van der Waals surface area contributed by atoms with Gasteiger partial charge in [0.2, 0.25) is 11.8 Å². The van der Waals surface area contributed by atoms with E-state index in [1.807, 2.05) is 0 Å². The Morgan fingerprint density at radius 2 is 1.62 bits per heavy atom. The Morgan fingerprint density at radius 3 is 2.10 bits per heavy atom. The lowest BCUT2D eigenvalue weighted by atomic mass is 9.82. The largest absolute Gasteiger partial charge is 0.273 e. The van der Waals surface area contributed by atoms with Gasteiger partial charge in [-0.05, 0) is 24.7 Å². The van der Waals surface area contributed by atoms with Crippen LogP contribution in [0.5, 0.6) is 0 Å². The van der Waals surface area contributed by atoms with Crippen LogP contribution in [0, 0.1) is 11.3 Å². The fraction of sp³-hybridized carbons (Fsp3) is 0.867. The molecule has 0 bridgehead atoms. The molecule has 0 spiro atoms. The summed E-state index contributed by atoms with van der Waals surface area (Å²) < 4.78 is 0. The SMILES string of the molecule is CC(C)(C)CC(CC(=O)N1CCCO1)C(=O)N1CCCO1. The average Bonchev–Trinajstić information content (AvgIpc) is 3.08. The van der Waals surface area contributed by atoms with Crippen LogP contribution in [-0.4, -0.2) is 48.2 Å². The Labute approximate surface area is 126 Å². The van der Waals surface area contributed by atoms with Gasteiger partial charge in [-0.1, -0.05) is 20.8 Å². The Balaban J connectivity index is 2.00. The van der Waals surface area contributed by atoms with E-state index in [1.165, 1.54) is 10.1 Å². The summed E-state index contributed by atoms with van der Waals surface area (Å²) in [6.45, 7) is 8.64. The number of carbonyl (C=O) groups excluding carboxylic acids is 2. The molecule has 0 aliphatic carbocycles. The fourth-order valence-corrected chi connectivity index (χ4v) is 2.77. The first-order valence-electron chi connectivity index (χ1n) is 7.74. The molecule has 6 heteroatoms. The molecule has 21 heavy (non-hydrogen) atoms. The van der Waals surface area contributed by atoms with Crippen LogP contribution in [0.3, 0.4) is 0 Å². The third kappa shape index (κ3) is 4.68. The predicted octanol–water partition coefficient (Wildman–Crippen LogP) is 1.76. The van der Waals surface area contributed by atoms with Crippen molar-refractivity contribution in [1.29, 1.82) is 0 Å². The van der Waals surface area contributed by atoms with E-state index in [2.05, 4.69) is 20.8 Å². The first-order chi connectivity index (χ1) is 9.87. The summed E-state index contributed by atoms with van der Waals surface area (Å²) in [5, 5.41) is 2.82. The van der Waals surface area contributed by atoms with Gasteiger partial charge in [-0.15, -0.1) is 0 Å². The summed E-state index contributed by atoms with van der Waals surface area (Å²) >= 11 is 0. The van der Waals surface area contributed by atoms with E-state index in [9.17, 15) is 9.59 Å². The Bertz CT molecular complexity index is 380. The van der Waals surface area contributed by atoms with Gasteiger partial charge in [-0.3, -0.25) is 19.3 Å². The normalized spacial score (nSPS) is 20.9.